The zero-order valence-electron chi connectivity index (χ0n) is 11.7. The zero-order chi connectivity index (χ0) is 14.1. The van der Waals surface area contributed by atoms with E-state index >= 15 is 0 Å². The summed E-state index contributed by atoms with van der Waals surface area (Å²) in [4.78, 5) is 0. The number of hydrogen-bond donors (Lipinski definition) is 1. The van der Waals surface area contributed by atoms with E-state index in [1.165, 1.54) is 5.56 Å². The third-order valence-corrected chi connectivity index (χ3v) is 3.46. The van der Waals surface area contributed by atoms with Crippen molar-refractivity contribution >= 4 is 0 Å². The predicted octanol–water partition coefficient (Wildman–Crippen LogP) is 2.74. The summed E-state index contributed by atoms with van der Waals surface area (Å²) >= 11 is 0. The van der Waals surface area contributed by atoms with E-state index in [1.54, 1.807) is 0 Å². The summed E-state index contributed by atoms with van der Waals surface area (Å²) in [6.45, 7) is 4.56. The smallest absolute Gasteiger partial charge is 0.145 e. The zero-order valence-corrected chi connectivity index (χ0v) is 11.7. The van der Waals surface area contributed by atoms with Gasteiger partial charge in [0.05, 0.1) is 11.4 Å². The SMILES string of the molecule is Cc1cccc(-n2nc(C)c(CN)c2-n2cccc2)c1. The lowest BCUT2D eigenvalue weighted by molar-refractivity contribution is 0.811. The van der Waals surface area contributed by atoms with Crippen molar-refractivity contribution in [2.75, 3.05) is 0 Å². The van der Waals surface area contributed by atoms with E-state index in [9.17, 15) is 0 Å². The second-order valence-electron chi connectivity index (χ2n) is 4.93. The highest BCUT2D eigenvalue weighted by Gasteiger charge is 2.16. The average Bonchev–Trinajstić information content (AvgIpc) is 3.05. The van der Waals surface area contributed by atoms with Crippen molar-refractivity contribution in [2.45, 2.75) is 20.4 Å². The minimum absolute atomic E-state index is 0.477. The first-order chi connectivity index (χ1) is 9.70. The maximum absolute atomic E-state index is 5.91. The summed E-state index contributed by atoms with van der Waals surface area (Å²) < 4.78 is 4.02. The molecule has 0 aliphatic heterocycles. The Morgan fingerprint density at radius 2 is 1.85 bits per heavy atom. The Hall–Kier alpha value is -2.33. The van der Waals surface area contributed by atoms with Crippen molar-refractivity contribution in [3.05, 3.63) is 65.6 Å². The molecule has 0 radical (unpaired) electrons. The van der Waals surface area contributed by atoms with E-state index in [1.807, 2.05) is 42.2 Å². The van der Waals surface area contributed by atoms with Crippen LogP contribution in [0.15, 0.2) is 48.8 Å². The van der Waals surface area contributed by atoms with Crippen molar-refractivity contribution in [1.82, 2.24) is 14.3 Å². The molecule has 0 aliphatic carbocycles. The van der Waals surface area contributed by atoms with Crippen molar-refractivity contribution in [2.24, 2.45) is 5.73 Å². The minimum atomic E-state index is 0.477. The van der Waals surface area contributed by atoms with E-state index in [2.05, 4.69) is 34.8 Å². The Morgan fingerprint density at radius 3 is 2.50 bits per heavy atom. The molecule has 0 saturated carbocycles. The minimum Gasteiger partial charge on any atom is -0.326 e. The van der Waals surface area contributed by atoms with Crippen LogP contribution in [0.2, 0.25) is 0 Å². The van der Waals surface area contributed by atoms with Crippen LogP contribution in [0.5, 0.6) is 0 Å². The van der Waals surface area contributed by atoms with Gasteiger partial charge >= 0.3 is 0 Å². The van der Waals surface area contributed by atoms with Crippen LogP contribution in [0.4, 0.5) is 0 Å². The van der Waals surface area contributed by atoms with Gasteiger partial charge in [-0.25, -0.2) is 4.68 Å². The normalized spacial score (nSPS) is 10.9. The van der Waals surface area contributed by atoms with Gasteiger partial charge < -0.3 is 10.3 Å². The van der Waals surface area contributed by atoms with Crippen molar-refractivity contribution in [1.29, 1.82) is 0 Å². The fourth-order valence-electron chi connectivity index (χ4n) is 2.47. The summed E-state index contributed by atoms with van der Waals surface area (Å²) in [5, 5.41) is 4.66. The second-order valence-corrected chi connectivity index (χ2v) is 4.93. The molecule has 2 aromatic heterocycles. The van der Waals surface area contributed by atoms with Gasteiger partial charge in [-0.3, -0.25) is 0 Å². The number of benzene rings is 1. The number of nitrogens with two attached hydrogens (primary N) is 1. The lowest BCUT2D eigenvalue weighted by Crippen LogP contribution is -2.08. The summed E-state index contributed by atoms with van der Waals surface area (Å²) in [5.74, 6) is 1.01. The fraction of sp³-hybridized carbons (Fsp3) is 0.188. The molecule has 0 saturated heterocycles. The van der Waals surface area contributed by atoms with E-state index in [4.69, 9.17) is 5.73 Å². The number of rotatable bonds is 3. The Labute approximate surface area is 118 Å². The quantitative estimate of drug-likeness (QED) is 0.792. The number of aryl methyl sites for hydroxylation is 2. The first kappa shape index (κ1) is 12.7. The van der Waals surface area contributed by atoms with E-state index < -0.39 is 0 Å². The van der Waals surface area contributed by atoms with Gasteiger partial charge in [0.25, 0.3) is 0 Å². The average molecular weight is 266 g/mol. The molecule has 3 aromatic rings. The lowest BCUT2D eigenvalue weighted by Gasteiger charge is -2.10. The van der Waals surface area contributed by atoms with Crippen LogP contribution in [0.3, 0.4) is 0 Å². The van der Waals surface area contributed by atoms with Gasteiger partial charge in [-0.05, 0) is 43.7 Å². The summed E-state index contributed by atoms with van der Waals surface area (Å²) in [5.41, 5.74) is 10.2. The Morgan fingerprint density at radius 1 is 1.10 bits per heavy atom. The third kappa shape index (κ3) is 2.04. The maximum atomic E-state index is 5.91. The van der Waals surface area contributed by atoms with E-state index in [0.717, 1.165) is 22.8 Å². The van der Waals surface area contributed by atoms with Gasteiger partial charge in [0.2, 0.25) is 0 Å². The van der Waals surface area contributed by atoms with Gasteiger partial charge in [0.15, 0.2) is 0 Å². The molecule has 4 nitrogen and oxygen atoms in total. The number of aromatic nitrogens is 3. The molecule has 0 spiro atoms. The van der Waals surface area contributed by atoms with Crippen LogP contribution in [-0.4, -0.2) is 14.3 Å². The van der Waals surface area contributed by atoms with Crippen molar-refractivity contribution < 1.29 is 0 Å². The lowest BCUT2D eigenvalue weighted by atomic mass is 10.2. The number of nitrogens with zero attached hydrogens (tertiary/aromatic N) is 3. The van der Waals surface area contributed by atoms with Gasteiger partial charge in [0.1, 0.15) is 5.82 Å². The highest BCUT2D eigenvalue weighted by molar-refractivity contribution is 5.47. The highest BCUT2D eigenvalue weighted by Crippen LogP contribution is 2.22. The molecule has 20 heavy (non-hydrogen) atoms. The number of hydrogen-bond acceptors (Lipinski definition) is 2. The van der Waals surface area contributed by atoms with Gasteiger partial charge in [-0.1, -0.05) is 12.1 Å². The molecule has 0 amide bonds. The van der Waals surface area contributed by atoms with Crippen LogP contribution in [-0.2, 0) is 6.54 Å². The van der Waals surface area contributed by atoms with Crippen molar-refractivity contribution in [3.8, 4) is 11.5 Å². The Balaban J connectivity index is 2.26. The van der Waals surface area contributed by atoms with Gasteiger partial charge in [-0.2, -0.15) is 5.10 Å². The van der Waals surface area contributed by atoms with E-state index in [0.29, 0.717) is 6.54 Å². The predicted molar refractivity (Wildman–Crippen MR) is 80.3 cm³/mol. The van der Waals surface area contributed by atoms with Crippen LogP contribution in [0, 0.1) is 13.8 Å². The molecule has 102 valence electrons. The second kappa shape index (κ2) is 4.98. The van der Waals surface area contributed by atoms with Gasteiger partial charge in [0, 0.05) is 24.5 Å². The maximum Gasteiger partial charge on any atom is 0.145 e. The molecule has 0 bridgehead atoms. The topological polar surface area (TPSA) is 48.8 Å². The van der Waals surface area contributed by atoms with Crippen molar-refractivity contribution in [3.63, 3.8) is 0 Å². The molecule has 3 rings (SSSR count). The molecular formula is C16H18N4. The molecule has 0 aliphatic rings. The van der Waals surface area contributed by atoms with Crippen LogP contribution in [0.1, 0.15) is 16.8 Å². The molecule has 1 aromatic carbocycles. The summed E-state index contributed by atoms with van der Waals surface area (Å²) in [6, 6.07) is 12.3. The molecule has 2 N–H and O–H groups in total. The summed E-state index contributed by atoms with van der Waals surface area (Å²) in [7, 11) is 0. The molecule has 0 atom stereocenters. The molecule has 2 heterocycles. The molecule has 0 fully saturated rings. The Bertz CT molecular complexity index is 723. The molecule has 0 unspecified atom stereocenters. The fourth-order valence-corrected chi connectivity index (χ4v) is 2.47. The van der Waals surface area contributed by atoms with Crippen LogP contribution in [0.25, 0.3) is 11.5 Å². The monoisotopic (exact) mass is 266 g/mol. The molecular weight excluding hydrogens is 248 g/mol. The third-order valence-electron chi connectivity index (χ3n) is 3.46. The molecule has 4 heteroatoms. The largest absolute Gasteiger partial charge is 0.326 e. The van der Waals surface area contributed by atoms with E-state index in [-0.39, 0.29) is 0 Å². The standard InChI is InChI=1S/C16H18N4/c1-12-6-5-7-14(10-12)20-16(19-8-3-4-9-19)15(11-17)13(2)18-20/h3-10H,11,17H2,1-2H3. The highest BCUT2D eigenvalue weighted by atomic mass is 15.3. The Kier molecular flexibility index (Phi) is 3.16. The van der Waals surface area contributed by atoms with Crippen LogP contribution >= 0.6 is 0 Å². The first-order valence-corrected chi connectivity index (χ1v) is 6.69. The van der Waals surface area contributed by atoms with Gasteiger partial charge in [-0.15, -0.1) is 0 Å². The first-order valence-electron chi connectivity index (χ1n) is 6.69. The van der Waals surface area contributed by atoms with Crippen LogP contribution < -0.4 is 5.73 Å². The summed E-state index contributed by atoms with van der Waals surface area (Å²) in [6.07, 6.45) is 4.03.